The van der Waals surface area contributed by atoms with Crippen LogP contribution in [0.3, 0.4) is 0 Å². The topological polar surface area (TPSA) is 95.0 Å². The molecule has 110 valence electrons. The summed E-state index contributed by atoms with van der Waals surface area (Å²) in [5.74, 6) is -0.814. The maximum atomic E-state index is 10.6. The number of aryl methyl sites for hydroxylation is 1. The van der Waals surface area contributed by atoms with E-state index < -0.39 is 5.97 Å². The van der Waals surface area contributed by atoms with Gasteiger partial charge in [0.25, 0.3) is 0 Å². The van der Waals surface area contributed by atoms with Crippen molar-refractivity contribution < 1.29 is 9.90 Å². The first-order valence-electron chi connectivity index (χ1n) is 6.75. The number of carboxylic acid groups (broad SMARTS) is 1. The Kier molecular flexibility index (Phi) is 4.72. The summed E-state index contributed by atoms with van der Waals surface area (Å²) in [6.07, 6.45) is 1.34. The predicted octanol–water partition coefficient (Wildman–Crippen LogP) is 1.65. The zero-order valence-electron chi connectivity index (χ0n) is 11.9. The lowest BCUT2D eigenvalue weighted by Crippen LogP contribution is -2.20. The van der Waals surface area contributed by atoms with Gasteiger partial charge in [-0.2, -0.15) is 5.26 Å². The monoisotopic (exact) mass is 287 g/mol. The van der Waals surface area contributed by atoms with Crippen molar-refractivity contribution in [3.05, 3.63) is 18.2 Å². The molecule has 0 spiro atoms. The van der Waals surface area contributed by atoms with Gasteiger partial charge in [-0.1, -0.05) is 5.21 Å². The molecule has 0 aliphatic carbocycles. The van der Waals surface area contributed by atoms with Gasteiger partial charge in [0.1, 0.15) is 5.52 Å². The maximum absolute atomic E-state index is 10.6. The van der Waals surface area contributed by atoms with E-state index in [0.29, 0.717) is 19.5 Å². The number of anilines is 1. The summed E-state index contributed by atoms with van der Waals surface area (Å²) in [5, 5.41) is 25.5. The number of benzene rings is 1. The molecule has 0 unspecified atom stereocenters. The summed E-state index contributed by atoms with van der Waals surface area (Å²) < 4.78 is 1.79. The molecule has 1 aromatic carbocycles. The van der Waals surface area contributed by atoms with E-state index in [1.165, 1.54) is 0 Å². The van der Waals surface area contributed by atoms with Gasteiger partial charge in [0.2, 0.25) is 0 Å². The Morgan fingerprint density at radius 1 is 1.52 bits per heavy atom. The third-order valence-electron chi connectivity index (χ3n) is 3.26. The van der Waals surface area contributed by atoms with E-state index in [1.807, 2.05) is 30.1 Å². The van der Waals surface area contributed by atoms with Gasteiger partial charge in [-0.15, -0.1) is 5.10 Å². The van der Waals surface area contributed by atoms with E-state index in [4.69, 9.17) is 10.4 Å². The second-order valence-corrected chi connectivity index (χ2v) is 4.81. The minimum Gasteiger partial charge on any atom is -0.481 e. The second kappa shape index (κ2) is 6.70. The van der Waals surface area contributed by atoms with Crippen LogP contribution in [0.2, 0.25) is 0 Å². The molecule has 1 aromatic heterocycles. The van der Waals surface area contributed by atoms with E-state index in [1.54, 1.807) is 4.68 Å². The zero-order chi connectivity index (χ0) is 15.2. The van der Waals surface area contributed by atoms with Crippen LogP contribution in [-0.4, -0.2) is 39.7 Å². The number of hydrogen-bond acceptors (Lipinski definition) is 5. The summed E-state index contributed by atoms with van der Waals surface area (Å²) >= 11 is 0. The van der Waals surface area contributed by atoms with Crippen LogP contribution in [0.4, 0.5) is 5.69 Å². The summed E-state index contributed by atoms with van der Waals surface area (Å²) in [7, 11) is 1.85. The van der Waals surface area contributed by atoms with Crippen LogP contribution in [0.15, 0.2) is 18.2 Å². The highest BCUT2D eigenvalue weighted by Gasteiger charge is 2.08. The molecule has 0 saturated carbocycles. The SMILES string of the molecule is CN(CCC(=O)O)c1ccc2c(c1)nnn2CCCC#N. The smallest absolute Gasteiger partial charge is 0.305 e. The molecule has 2 rings (SSSR count). The molecule has 0 fully saturated rings. The lowest BCUT2D eigenvalue weighted by molar-refractivity contribution is -0.136. The van der Waals surface area contributed by atoms with Crippen molar-refractivity contribution in [2.24, 2.45) is 0 Å². The van der Waals surface area contributed by atoms with Gasteiger partial charge in [0.15, 0.2) is 0 Å². The van der Waals surface area contributed by atoms with Gasteiger partial charge < -0.3 is 10.0 Å². The highest BCUT2D eigenvalue weighted by atomic mass is 16.4. The van der Waals surface area contributed by atoms with Crippen LogP contribution in [0.5, 0.6) is 0 Å². The number of hydrogen-bond donors (Lipinski definition) is 1. The molecule has 7 nitrogen and oxygen atoms in total. The first-order valence-corrected chi connectivity index (χ1v) is 6.75. The van der Waals surface area contributed by atoms with Crippen molar-refractivity contribution in [2.75, 3.05) is 18.5 Å². The third kappa shape index (κ3) is 3.69. The molecule has 0 bridgehead atoms. The number of nitrogens with zero attached hydrogens (tertiary/aromatic N) is 5. The summed E-state index contributed by atoms with van der Waals surface area (Å²) in [4.78, 5) is 12.5. The number of carboxylic acids is 1. The molecule has 2 aromatic rings. The van der Waals surface area contributed by atoms with E-state index >= 15 is 0 Å². The van der Waals surface area contributed by atoms with Gasteiger partial charge in [-0.3, -0.25) is 4.79 Å². The molecule has 0 saturated heterocycles. The van der Waals surface area contributed by atoms with Gasteiger partial charge in [-0.05, 0) is 24.6 Å². The highest BCUT2D eigenvalue weighted by Crippen LogP contribution is 2.20. The normalized spacial score (nSPS) is 10.5. The van der Waals surface area contributed by atoms with Crippen LogP contribution >= 0.6 is 0 Å². The minimum atomic E-state index is -0.814. The van der Waals surface area contributed by atoms with Crippen LogP contribution in [0.25, 0.3) is 11.0 Å². The second-order valence-electron chi connectivity index (χ2n) is 4.81. The van der Waals surface area contributed by atoms with E-state index in [2.05, 4.69) is 16.4 Å². The predicted molar refractivity (Wildman–Crippen MR) is 77.9 cm³/mol. The van der Waals surface area contributed by atoms with Gasteiger partial charge in [-0.25, -0.2) is 4.68 Å². The number of rotatable bonds is 7. The first-order chi connectivity index (χ1) is 10.1. The third-order valence-corrected chi connectivity index (χ3v) is 3.26. The fourth-order valence-corrected chi connectivity index (χ4v) is 2.06. The van der Waals surface area contributed by atoms with E-state index in [0.717, 1.165) is 23.1 Å². The van der Waals surface area contributed by atoms with E-state index in [9.17, 15) is 4.79 Å². The summed E-state index contributed by atoms with van der Waals surface area (Å²) in [6.45, 7) is 1.11. The highest BCUT2D eigenvalue weighted by molar-refractivity contribution is 5.79. The molecule has 21 heavy (non-hydrogen) atoms. The molecular weight excluding hydrogens is 270 g/mol. The minimum absolute atomic E-state index is 0.0926. The molecule has 0 aliphatic heterocycles. The van der Waals surface area contributed by atoms with Crippen LogP contribution in [-0.2, 0) is 11.3 Å². The quantitative estimate of drug-likeness (QED) is 0.778. The fraction of sp³-hybridized carbons (Fsp3) is 0.429. The molecule has 0 aliphatic rings. The number of aliphatic carboxylic acids is 1. The lowest BCUT2D eigenvalue weighted by Gasteiger charge is -2.18. The van der Waals surface area contributed by atoms with Crippen molar-refractivity contribution in [1.29, 1.82) is 5.26 Å². The molecule has 1 N–H and O–H groups in total. The summed E-state index contributed by atoms with van der Waals surface area (Å²) in [6, 6.07) is 7.85. The Bertz CT molecular complexity index is 674. The van der Waals surface area contributed by atoms with Gasteiger partial charge >= 0.3 is 5.97 Å². The van der Waals surface area contributed by atoms with Gasteiger partial charge in [0.05, 0.1) is 18.0 Å². The Morgan fingerprint density at radius 2 is 2.33 bits per heavy atom. The maximum Gasteiger partial charge on any atom is 0.305 e. The largest absolute Gasteiger partial charge is 0.481 e. The van der Waals surface area contributed by atoms with Crippen LogP contribution < -0.4 is 4.90 Å². The number of aromatic nitrogens is 3. The Balaban J connectivity index is 2.12. The number of fused-ring (bicyclic) bond motifs is 1. The number of nitriles is 1. The molecule has 0 atom stereocenters. The number of carbonyl (C=O) groups is 1. The Hall–Kier alpha value is -2.62. The van der Waals surface area contributed by atoms with E-state index in [-0.39, 0.29) is 6.42 Å². The Labute approximate surface area is 122 Å². The van der Waals surface area contributed by atoms with Crippen molar-refractivity contribution in [1.82, 2.24) is 15.0 Å². The molecule has 0 radical (unpaired) electrons. The lowest BCUT2D eigenvalue weighted by atomic mass is 10.2. The van der Waals surface area contributed by atoms with Crippen molar-refractivity contribution in [3.8, 4) is 6.07 Å². The van der Waals surface area contributed by atoms with Gasteiger partial charge in [0, 0.05) is 32.2 Å². The van der Waals surface area contributed by atoms with Crippen LogP contribution in [0.1, 0.15) is 19.3 Å². The molecular formula is C14H17N5O2. The molecule has 1 heterocycles. The Morgan fingerprint density at radius 3 is 3.05 bits per heavy atom. The van der Waals surface area contributed by atoms with Crippen molar-refractivity contribution in [3.63, 3.8) is 0 Å². The first kappa shape index (κ1) is 14.8. The zero-order valence-corrected chi connectivity index (χ0v) is 11.9. The summed E-state index contributed by atoms with van der Waals surface area (Å²) in [5.41, 5.74) is 2.60. The fourth-order valence-electron chi connectivity index (χ4n) is 2.06. The van der Waals surface area contributed by atoms with Crippen molar-refractivity contribution in [2.45, 2.75) is 25.8 Å². The molecule has 7 heteroatoms. The standard InChI is InChI=1S/C14H17N5O2/c1-18(9-6-14(20)21)11-4-5-13-12(10-11)16-17-19(13)8-3-2-7-15/h4-5,10H,2-3,6,8-9H2,1H3,(H,20,21). The average Bonchev–Trinajstić information content (AvgIpc) is 2.87. The van der Waals surface area contributed by atoms with Crippen molar-refractivity contribution >= 4 is 22.7 Å². The molecule has 0 amide bonds. The number of unbranched alkanes of at least 4 members (excludes halogenated alkanes) is 1. The van der Waals surface area contributed by atoms with Crippen LogP contribution in [0, 0.1) is 11.3 Å². The average molecular weight is 287 g/mol.